The third-order valence-electron chi connectivity index (χ3n) is 7.26. The first-order valence-electron chi connectivity index (χ1n) is 12.1. The van der Waals surface area contributed by atoms with Crippen molar-refractivity contribution in [2.45, 2.75) is 57.2 Å². The van der Waals surface area contributed by atoms with Crippen LogP contribution in [0.25, 0.3) is 10.8 Å². The summed E-state index contributed by atoms with van der Waals surface area (Å²) in [5.74, 6) is -0.170. The van der Waals surface area contributed by atoms with Gasteiger partial charge in [-0.1, -0.05) is 73.2 Å². The number of Topliss-reactive ketones (excluding diaryl/α,β-unsaturated/α-hetero) is 1. The van der Waals surface area contributed by atoms with Gasteiger partial charge in [-0.3, -0.25) is 9.59 Å². The molecule has 0 radical (unpaired) electrons. The topological polar surface area (TPSA) is 63.7 Å². The van der Waals surface area contributed by atoms with E-state index < -0.39 is 6.04 Å². The molecular formula is C29H29NO4. The predicted molar refractivity (Wildman–Crippen MR) is 130 cm³/mol. The molecule has 0 bridgehead atoms. The predicted octanol–water partition coefficient (Wildman–Crippen LogP) is 5.32. The van der Waals surface area contributed by atoms with Gasteiger partial charge in [0.1, 0.15) is 12.6 Å². The quantitative estimate of drug-likeness (QED) is 0.358. The van der Waals surface area contributed by atoms with E-state index in [1.54, 1.807) is 4.90 Å². The third kappa shape index (κ3) is 4.60. The minimum Gasteiger partial charge on any atom is -0.459 e. The molecule has 5 heteroatoms. The molecule has 1 saturated heterocycles. The molecule has 0 aromatic heterocycles. The van der Waals surface area contributed by atoms with Crippen molar-refractivity contribution >= 4 is 28.4 Å². The van der Waals surface area contributed by atoms with Crippen molar-refractivity contribution in [2.24, 2.45) is 5.92 Å². The normalized spacial score (nSPS) is 21.4. The van der Waals surface area contributed by atoms with Gasteiger partial charge in [0, 0.05) is 24.4 Å². The van der Waals surface area contributed by atoms with Gasteiger partial charge >= 0.3 is 5.97 Å². The van der Waals surface area contributed by atoms with Crippen molar-refractivity contribution < 1.29 is 19.1 Å². The molecule has 0 N–H and O–H groups in total. The average Bonchev–Trinajstić information content (AvgIpc) is 3.47. The molecule has 2 aliphatic rings. The van der Waals surface area contributed by atoms with Gasteiger partial charge in [-0.05, 0) is 47.6 Å². The summed E-state index contributed by atoms with van der Waals surface area (Å²) in [5.41, 5.74) is 1.54. The fraction of sp³-hybridized carbons (Fsp3) is 0.345. The largest absolute Gasteiger partial charge is 0.459 e. The minimum absolute atomic E-state index is 0.0514. The molecule has 1 heterocycles. The number of benzene rings is 3. The molecule has 0 unspecified atom stereocenters. The van der Waals surface area contributed by atoms with Crippen molar-refractivity contribution in [3.05, 3.63) is 83.9 Å². The van der Waals surface area contributed by atoms with Crippen LogP contribution in [0, 0.1) is 5.92 Å². The molecule has 3 aromatic rings. The van der Waals surface area contributed by atoms with Crippen LogP contribution in [0.3, 0.4) is 0 Å². The first-order chi connectivity index (χ1) is 16.6. The Bertz CT molecular complexity index is 1200. The molecular weight excluding hydrogens is 426 g/mol. The number of likely N-dealkylation sites (tertiary alicyclic amines) is 1. The zero-order chi connectivity index (χ0) is 23.5. The number of ketones is 1. The highest BCUT2D eigenvalue weighted by Crippen LogP contribution is 2.42. The van der Waals surface area contributed by atoms with E-state index in [4.69, 9.17) is 4.74 Å². The van der Waals surface area contributed by atoms with Crippen molar-refractivity contribution in [3.8, 4) is 0 Å². The standard InChI is InChI=1S/C29H29NO4/c31-27(24-14-13-21-9-4-5-10-22(21)17-24)15-16-28(32)30-25-12-6-11-23(25)18-26(30)29(33)34-19-20-7-2-1-3-8-20/h1-5,7-10,13-14,17,23,25-26H,6,11-12,15-16,18-19H2/t23-,25-,26-/m0/s1. The highest BCUT2D eigenvalue weighted by Gasteiger charge is 2.49. The maximum atomic E-state index is 13.3. The Morgan fingerprint density at radius 2 is 1.62 bits per heavy atom. The summed E-state index contributed by atoms with van der Waals surface area (Å²) in [6, 6.07) is 22.6. The van der Waals surface area contributed by atoms with Crippen molar-refractivity contribution in [3.63, 3.8) is 0 Å². The number of carbonyl (C=O) groups is 3. The highest BCUT2D eigenvalue weighted by molar-refractivity contribution is 6.01. The summed E-state index contributed by atoms with van der Waals surface area (Å²) in [4.78, 5) is 40.9. The minimum atomic E-state index is -0.553. The van der Waals surface area contributed by atoms with Gasteiger partial charge in [0.05, 0.1) is 0 Å². The molecule has 1 aliphatic heterocycles. The number of carbonyl (C=O) groups excluding carboxylic acids is 3. The number of amides is 1. The summed E-state index contributed by atoms with van der Waals surface area (Å²) in [6.45, 7) is 0.202. The molecule has 2 fully saturated rings. The summed E-state index contributed by atoms with van der Waals surface area (Å²) in [5, 5.41) is 2.09. The Kier molecular flexibility index (Phi) is 6.43. The van der Waals surface area contributed by atoms with E-state index in [-0.39, 0.29) is 43.2 Å². The fourth-order valence-corrected chi connectivity index (χ4v) is 5.54. The summed E-state index contributed by atoms with van der Waals surface area (Å²) in [6.07, 6.45) is 3.92. The van der Waals surface area contributed by atoms with Crippen LogP contribution in [-0.2, 0) is 20.9 Å². The van der Waals surface area contributed by atoms with Gasteiger partial charge in [0.25, 0.3) is 0 Å². The molecule has 1 saturated carbocycles. The summed E-state index contributed by atoms with van der Waals surface area (Å²) < 4.78 is 5.59. The number of ether oxygens (including phenoxy) is 1. The van der Waals surface area contributed by atoms with Crippen LogP contribution in [0.2, 0.25) is 0 Å². The smallest absolute Gasteiger partial charge is 0.329 e. The Morgan fingerprint density at radius 3 is 2.44 bits per heavy atom. The number of rotatable bonds is 7. The van der Waals surface area contributed by atoms with Gasteiger partial charge in [0.2, 0.25) is 5.91 Å². The van der Waals surface area contributed by atoms with Gasteiger partial charge in [-0.25, -0.2) is 4.79 Å². The van der Waals surface area contributed by atoms with Crippen LogP contribution >= 0.6 is 0 Å². The molecule has 34 heavy (non-hydrogen) atoms. The number of hydrogen-bond donors (Lipinski definition) is 0. The van der Waals surface area contributed by atoms with Crippen LogP contribution in [0.4, 0.5) is 0 Å². The maximum Gasteiger partial charge on any atom is 0.329 e. The van der Waals surface area contributed by atoms with Crippen LogP contribution in [0.15, 0.2) is 72.8 Å². The second-order valence-electron chi connectivity index (χ2n) is 9.39. The van der Waals surface area contributed by atoms with Gasteiger partial charge in [-0.2, -0.15) is 0 Å². The lowest BCUT2D eigenvalue weighted by atomic mass is 10.0. The second kappa shape index (κ2) is 9.80. The molecule has 0 spiro atoms. The van der Waals surface area contributed by atoms with E-state index in [2.05, 4.69) is 0 Å². The molecule has 5 rings (SSSR count). The number of hydrogen-bond acceptors (Lipinski definition) is 4. The summed E-state index contributed by atoms with van der Waals surface area (Å²) in [7, 11) is 0. The van der Waals surface area contributed by atoms with Crippen molar-refractivity contribution in [1.29, 1.82) is 0 Å². The highest BCUT2D eigenvalue weighted by atomic mass is 16.5. The fourth-order valence-electron chi connectivity index (χ4n) is 5.54. The Labute approximate surface area is 199 Å². The van der Waals surface area contributed by atoms with Gasteiger partial charge < -0.3 is 9.64 Å². The van der Waals surface area contributed by atoms with Crippen LogP contribution < -0.4 is 0 Å². The maximum absolute atomic E-state index is 13.3. The third-order valence-corrected chi connectivity index (χ3v) is 7.26. The first-order valence-corrected chi connectivity index (χ1v) is 12.1. The van der Waals surface area contributed by atoms with E-state index in [0.717, 1.165) is 35.6 Å². The molecule has 3 aromatic carbocycles. The molecule has 3 atom stereocenters. The lowest BCUT2D eigenvalue weighted by Gasteiger charge is -2.28. The second-order valence-corrected chi connectivity index (χ2v) is 9.39. The Hall–Kier alpha value is -3.47. The molecule has 174 valence electrons. The van der Waals surface area contributed by atoms with E-state index in [1.165, 1.54) is 0 Å². The van der Waals surface area contributed by atoms with Crippen molar-refractivity contribution in [1.82, 2.24) is 4.90 Å². The van der Waals surface area contributed by atoms with E-state index >= 15 is 0 Å². The van der Waals surface area contributed by atoms with E-state index in [0.29, 0.717) is 17.9 Å². The van der Waals surface area contributed by atoms with Gasteiger partial charge in [0.15, 0.2) is 5.78 Å². The molecule has 1 amide bonds. The number of nitrogens with zero attached hydrogens (tertiary/aromatic N) is 1. The molecule has 1 aliphatic carbocycles. The zero-order valence-electron chi connectivity index (χ0n) is 19.2. The number of esters is 1. The van der Waals surface area contributed by atoms with E-state index in [1.807, 2.05) is 72.8 Å². The van der Waals surface area contributed by atoms with Crippen LogP contribution in [-0.4, -0.2) is 34.6 Å². The first kappa shape index (κ1) is 22.3. The SMILES string of the molecule is O=C(CCC(=O)N1[C@H](C(=O)OCc2ccccc2)C[C@@H]2CCC[C@@H]21)c1ccc2ccccc2c1. The van der Waals surface area contributed by atoms with Crippen LogP contribution in [0.1, 0.15) is 54.4 Å². The van der Waals surface area contributed by atoms with Crippen molar-refractivity contribution in [2.75, 3.05) is 0 Å². The van der Waals surface area contributed by atoms with Gasteiger partial charge in [-0.15, -0.1) is 0 Å². The zero-order valence-corrected chi connectivity index (χ0v) is 19.2. The Balaban J connectivity index is 1.24. The monoisotopic (exact) mass is 455 g/mol. The average molecular weight is 456 g/mol. The Morgan fingerprint density at radius 1 is 0.853 bits per heavy atom. The molecule has 5 nitrogen and oxygen atoms in total. The van der Waals surface area contributed by atoms with E-state index in [9.17, 15) is 14.4 Å². The van der Waals surface area contributed by atoms with Crippen LogP contribution in [0.5, 0.6) is 0 Å². The lowest BCUT2D eigenvalue weighted by molar-refractivity contribution is -0.155. The number of fused-ring (bicyclic) bond motifs is 2. The lowest BCUT2D eigenvalue weighted by Crippen LogP contribution is -2.45. The summed E-state index contributed by atoms with van der Waals surface area (Å²) >= 11 is 0.